The highest BCUT2D eigenvalue weighted by molar-refractivity contribution is 7.92. The van der Waals surface area contributed by atoms with Crippen molar-refractivity contribution in [2.45, 2.75) is 0 Å². The van der Waals surface area contributed by atoms with Gasteiger partial charge in [0.2, 0.25) is 10.0 Å². The molecule has 0 saturated heterocycles. The zero-order valence-corrected chi connectivity index (χ0v) is 7.46. The van der Waals surface area contributed by atoms with Crippen molar-refractivity contribution in [3.63, 3.8) is 0 Å². The highest BCUT2D eigenvalue weighted by Gasteiger charge is 2.03. The van der Waals surface area contributed by atoms with E-state index < -0.39 is 15.9 Å². The van der Waals surface area contributed by atoms with Gasteiger partial charge in [-0.05, 0) is 0 Å². The van der Waals surface area contributed by atoms with E-state index in [2.05, 4.69) is 5.14 Å². The van der Waals surface area contributed by atoms with Gasteiger partial charge >= 0.3 is 0 Å². The molecule has 0 heterocycles. The Bertz CT molecular complexity index is 411. The predicted octanol–water partition coefficient (Wildman–Crippen LogP) is 1.24. The lowest BCUT2D eigenvalue weighted by atomic mass is 10.2. The standard InChI is InChI=1S/C8H8FNO2S/c9-8(6-13(10,11)12)7-4-2-1-3-5-7/h1-6H,(H2,10,11,12)/b8-6-. The quantitative estimate of drug-likeness (QED) is 0.782. The van der Waals surface area contributed by atoms with Crippen LogP contribution in [0.25, 0.3) is 5.83 Å². The second-order valence-corrected chi connectivity index (χ2v) is 3.83. The molecule has 13 heavy (non-hydrogen) atoms. The third kappa shape index (κ3) is 3.35. The van der Waals surface area contributed by atoms with Crippen LogP contribution < -0.4 is 5.14 Å². The van der Waals surface area contributed by atoms with Crippen molar-refractivity contribution in [2.24, 2.45) is 5.14 Å². The maximum Gasteiger partial charge on any atom is 0.234 e. The Labute approximate surface area is 75.7 Å². The van der Waals surface area contributed by atoms with E-state index in [0.717, 1.165) is 0 Å². The van der Waals surface area contributed by atoms with Gasteiger partial charge in [0.25, 0.3) is 0 Å². The van der Waals surface area contributed by atoms with Crippen molar-refractivity contribution in [2.75, 3.05) is 0 Å². The molecule has 5 heteroatoms. The van der Waals surface area contributed by atoms with Crippen LogP contribution in [0.1, 0.15) is 5.56 Å². The first kappa shape index (κ1) is 9.88. The van der Waals surface area contributed by atoms with Crippen LogP contribution in [-0.4, -0.2) is 8.42 Å². The lowest BCUT2D eigenvalue weighted by Gasteiger charge is -1.95. The van der Waals surface area contributed by atoms with Gasteiger partial charge in [0.15, 0.2) is 0 Å². The molecule has 0 bridgehead atoms. The minimum atomic E-state index is -3.91. The van der Waals surface area contributed by atoms with Crippen molar-refractivity contribution in [3.8, 4) is 0 Å². The Kier molecular flexibility index (Phi) is 2.79. The molecule has 3 nitrogen and oxygen atoms in total. The van der Waals surface area contributed by atoms with Gasteiger partial charge in [-0.2, -0.15) is 0 Å². The summed E-state index contributed by atoms with van der Waals surface area (Å²) in [5.74, 6) is -0.858. The topological polar surface area (TPSA) is 60.2 Å². The minimum absolute atomic E-state index is 0.191. The third-order valence-corrected chi connectivity index (χ3v) is 1.85. The van der Waals surface area contributed by atoms with E-state index in [9.17, 15) is 12.8 Å². The number of hydrogen-bond acceptors (Lipinski definition) is 2. The normalized spacial score (nSPS) is 12.9. The molecule has 0 aliphatic heterocycles. The summed E-state index contributed by atoms with van der Waals surface area (Å²) in [6.45, 7) is 0. The van der Waals surface area contributed by atoms with Crippen molar-refractivity contribution in [1.29, 1.82) is 0 Å². The molecule has 0 fully saturated rings. The lowest BCUT2D eigenvalue weighted by molar-refractivity contribution is 0.605. The monoisotopic (exact) mass is 201 g/mol. The molecule has 70 valence electrons. The van der Waals surface area contributed by atoms with Gasteiger partial charge in [0.1, 0.15) is 5.83 Å². The molecule has 0 radical (unpaired) electrons. The minimum Gasteiger partial charge on any atom is -0.225 e. The number of benzene rings is 1. The molecule has 0 aliphatic rings. The summed E-state index contributed by atoms with van der Waals surface area (Å²) in [4.78, 5) is 0. The number of nitrogens with two attached hydrogens (primary N) is 1. The Hall–Kier alpha value is -1.20. The summed E-state index contributed by atoms with van der Waals surface area (Å²) < 4.78 is 34.0. The van der Waals surface area contributed by atoms with E-state index in [1.807, 2.05) is 0 Å². The molecular weight excluding hydrogens is 193 g/mol. The highest BCUT2D eigenvalue weighted by atomic mass is 32.2. The molecule has 0 amide bonds. The fraction of sp³-hybridized carbons (Fsp3) is 0. The van der Waals surface area contributed by atoms with Crippen LogP contribution in [0.2, 0.25) is 0 Å². The van der Waals surface area contributed by atoms with Gasteiger partial charge in [0, 0.05) is 5.56 Å². The van der Waals surface area contributed by atoms with Crippen LogP contribution in [0, 0.1) is 0 Å². The zero-order chi connectivity index (χ0) is 9.90. The molecule has 1 aromatic carbocycles. The number of halogens is 1. The fourth-order valence-electron chi connectivity index (χ4n) is 0.810. The average Bonchev–Trinajstić information content (AvgIpc) is 2.03. The van der Waals surface area contributed by atoms with E-state index in [1.165, 1.54) is 12.1 Å². The molecular formula is C8H8FNO2S. The number of hydrogen-bond donors (Lipinski definition) is 1. The Morgan fingerprint density at radius 1 is 1.31 bits per heavy atom. The van der Waals surface area contributed by atoms with Gasteiger partial charge in [-0.15, -0.1) is 0 Å². The van der Waals surface area contributed by atoms with Crippen LogP contribution in [0.4, 0.5) is 4.39 Å². The van der Waals surface area contributed by atoms with Crippen LogP contribution in [-0.2, 0) is 10.0 Å². The first-order chi connectivity index (χ1) is 5.99. The maximum absolute atomic E-state index is 13.0. The van der Waals surface area contributed by atoms with Crippen molar-refractivity contribution < 1.29 is 12.8 Å². The first-order valence-electron chi connectivity index (χ1n) is 3.44. The van der Waals surface area contributed by atoms with Crippen LogP contribution in [0.15, 0.2) is 35.7 Å². The summed E-state index contributed by atoms with van der Waals surface area (Å²) in [5, 5.41) is 5.02. The molecule has 0 aromatic heterocycles. The summed E-state index contributed by atoms with van der Waals surface area (Å²) in [6.07, 6.45) is 0. The van der Waals surface area contributed by atoms with Crippen molar-refractivity contribution in [3.05, 3.63) is 41.3 Å². The second-order valence-electron chi connectivity index (χ2n) is 2.42. The van der Waals surface area contributed by atoms with Crippen LogP contribution >= 0.6 is 0 Å². The molecule has 0 aliphatic carbocycles. The van der Waals surface area contributed by atoms with Crippen molar-refractivity contribution >= 4 is 15.9 Å². The largest absolute Gasteiger partial charge is 0.234 e. The Balaban J connectivity index is 3.06. The second kappa shape index (κ2) is 3.68. The van der Waals surface area contributed by atoms with Crippen molar-refractivity contribution in [1.82, 2.24) is 0 Å². The molecule has 0 atom stereocenters. The van der Waals surface area contributed by atoms with Gasteiger partial charge in [-0.3, -0.25) is 0 Å². The molecule has 1 aromatic rings. The molecule has 1 rings (SSSR count). The summed E-state index contributed by atoms with van der Waals surface area (Å²) in [6, 6.07) is 7.82. The smallest absolute Gasteiger partial charge is 0.225 e. The van der Waals surface area contributed by atoms with Gasteiger partial charge in [0.05, 0.1) is 5.41 Å². The van der Waals surface area contributed by atoms with Gasteiger partial charge in [-0.25, -0.2) is 17.9 Å². The van der Waals surface area contributed by atoms with E-state index >= 15 is 0 Å². The summed E-state index contributed by atoms with van der Waals surface area (Å²) >= 11 is 0. The van der Waals surface area contributed by atoms with Gasteiger partial charge < -0.3 is 0 Å². The van der Waals surface area contributed by atoms with E-state index in [1.54, 1.807) is 18.2 Å². The lowest BCUT2D eigenvalue weighted by Crippen LogP contribution is -2.07. The molecule has 2 N–H and O–H groups in total. The predicted molar refractivity (Wildman–Crippen MR) is 48.6 cm³/mol. The summed E-state index contributed by atoms with van der Waals surface area (Å²) in [7, 11) is -3.91. The van der Waals surface area contributed by atoms with E-state index in [0.29, 0.717) is 5.41 Å². The molecule has 0 spiro atoms. The summed E-state index contributed by atoms with van der Waals surface area (Å²) in [5.41, 5.74) is 0.191. The maximum atomic E-state index is 13.0. The number of rotatable bonds is 2. The van der Waals surface area contributed by atoms with Crippen LogP contribution in [0.3, 0.4) is 0 Å². The number of primary sulfonamides is 1. The average molecular weight is 201 g/mol. The Morgan fingerprint density at radius 2 is 1.85 bits per heavy atom. The SMILES string of the molecule is NS(=O)(=O)/C=C(\F)c1ccccc1. The molecule has 0 saturated carbocycles. The fourth-order valence-corrected chi connectivity index (χ4v) is 1.23. The highest BCUT2D eigenvalue weighted by Crippen LogP contribution is 2.15. The zero-order valence-electron chi connectivity index (χ0n) is 6.64. The third-order valence-electron chi connectivity index (χ3n) is 1.32. The number of sulfonamides is 1. The van der Waals surface area contributed by atoms with E-state index in [-0.39, 0.29) is 5.56 Å². The first-order valence-corrected chi connectivity index (χ1v) is 5.05. The van der Waals surface area contributed by atoms with Gasteiger partial charge in [-0.1, -0.05) is 30.3 Å². The van der Waals surface area contributed by atoms with E-state index in [4.69, 9.17) is 0 Å². The molecule has 0 unspecified atom stereocenters. The van der Waals surface area contributed by atoms with Crippen LogP contribution in [0.5, 0.6) is 0 Å². The Morgan fingerprint density at radius 3 is 2.31 bits per heavy atom.